The third kappa shape index (κ3) is 1.44. The average Bonchev–Trinajstić information content (AvgIpc) is 2.52. The number of amides is 1. The van der Waals surface area contributed by atoms with Gasteiger partial charge in [-0.1, -0.05) is 12.1 Å². The fourth-order valence-electron chi connectivity index (χ4n) is 1.68. The van der Waals surface area contributed by atoms with Crippen molar-refractivity contribution in [2.75, 3.05) is 12.3 Å². The van der Waals surface area contributed by atoms with Gasteiger partial charge in [0.25, 0.3) is 0 Å². The Hall–Kier alpha value is -1.55. The van der Waals surface area contributed by atoms with Gasteiger partial charge in [-0.05, 0) is 24.1 Å². The summed E-state index contributed by atoms with van der Waals surface area (Å²) in [7, 11) is 0. The normalized spacial score (nSPS) is 20.9. The molecule has 4 heteroatoms. The highest BCUT2D eigenvalue weighted by Gasteiger charge is 2.26. The molecule has 74 valence electrons. The molecular weight excluding hydrogens is 178 g/mol. The van der Waals surface area contributed by atoms with Crippen molar-refractivity contribution >= 4 is 11.6 Å². The zero-order valence-electron chi connectivity index (χ0n) is 8.00. The second kappa shape index (κ2) is 3.31. The summed E-state index contributed by atoms with van der Waals surface area (Å²) in [6, 6.07) is 5.78. The fraction of sp³-hybridized carbons (Fsp3) is 0.300. The van der Waals surface area contributed by atoms with Gasteiger partial charge in [-0.2, -0.15) is 0 Å². The Kier molecular flexibility index (Phi) is 2.13. The molecule has 0 bridgehead atoms. The summed E-state index contributed by atoms with van der Waals surface area (Å²) in [5.41, 5.74) is 13.9. The maximum absolute atomic E-state index is 11.4. The predicted molar refractivity (Wildman–Crippen MR) is 54.5 cm³/mol. The molecule has 0 saturated carbocycles. The Labute approximate surface area is 82.5 Å². The van der Waals surface area contributed by atoms with Gasteiger partial charge < -0.3 is 5.73 Å². The maximum atomic E-state index is 11.4. The van der Waals surface area contributed by atoms with E-state index in [9.17, 15) is 4.79 Å². The predicted octanol–water partition coefficient (Wildman–Crippen LogP) is 0.295. The molecule has 1 saturated heterocycles. The lowest BCUT2D eigenvalue weighted by atomic mass is 9.96. The molecule has 14 heavy (non-hydrogen) atoms. The van der Waals surface area contributed by atoms with E-state index < -0.39 is 0 Å². The van der Waals surface area contributed by atoms with Gasteiger partial charge in [-0.25, -0.2) is 5.43 Å². The standard InChI is InChI=1S/C10H13N3O/c1-6-2-3-7(9(11)4-6)8-5-12-13-10(8)14/h2-4,8,12H,5,11H2,1H3,(H,13,14). The highest BCUT2D eigenvalue weighted by molar-refractivity contribution is 5.86. The molecule has 1 aliphatic rings. The number of hydrogen-bond donors (Lipinski definition) is 3. The number of carbonyl (C=O) groups is 1. The first-order valence-electron chi connectivity index (χ1n) is 4.57. The first-order valence-corrected chi connectivity index (χ1v) is 4.57. The van der Waals surface area contributed by atoms with Crippen LogP contribution in [0.25, 0.3) is 0 Å². The molecule has 0 aliphatic carbocycles. The Morgan fingerprint density at radius 3 is 2.86 bits per heavy atom. The van der Waals surface area contributed by atoms with Crippen LogP contribution in [-0.2, 0) is 4.79 Å². The monoisotopic (exact) mass is 191 g/mol. The highest BCUT2D eigenvalue weighted by Crippen LogP contribution is 2.24. The van der Waals surface area contributed by atoms with Crippen LogP contribution in [0.1, 0.15) is 17.0 Å². The van der Waals surface area contributed by atoms with Crippen LogP contribution in [-0.4, -0.2) is 12.5 Å². The number of benzene rings is 1. The lowest BCUT2D eigenvalue weighted by Crippen LogP contribution is -2.26. The van der Waals surface area contributed by atoms with E-state index in [-0.39, 0.29) is 11.8 Å². The van der Waals surface area contributed by atoms with Gasteiger partial charge in [0.2, 0.25) is 5.91 Å². The van der Waals surface area contributed by atoms with Crippen molar-refractivity contribution in [2.45, 2.75) is 12.8 Å². The molecular formula is C10H13N3O. The molecule has 1 unspecified atom stereocenters. The van der Waals surface area contributed by atoms with Crippen molar-refractivity contribution in [3.05, 3.63) is 29.3 Å². The van der Waals surface area contributed by atoms with Crippen LogP contribution in [0.4, 0.5) is 5.69 Å². The van der Waals surface area contributed by atoms with Crippen LogP contribution in [0, 0.1) is 6.92 Å². The van der Waals surface area contributed by atoms with Crippen LogP contribution >= 0.6 is 0 Å². The molecule has 1 atom stereocenters. The van der Waals surface area contributed by atoms with Crippen LogP contribution in [0.3, 0.4) is 0 Å². The van der Waals surface area contributed by atoms with Crippen molar-refractivity contribution in [1.29, 1.82) is 0 Å². The number of nitrogens with two attached hydrogens (primary N) is 1. The number of rotatable bonds is 1. The molecule has 0 radical (unpaired) electrons. The van der Waals surface area contributed by atoms with E-state index in [2.05, 4.69) is 10.9 Å². The van der Waals surface area contributed by atoms with Gasteiger partial charge in [0.05, 0.1) is 5.92 Å². The van der Waals surface area contributed by atoms with Crippen LogP contribution < -0.4 is 16.6 Å². The summed E-state index contributed by atoms with van der Waals surface area (Å²) in [4.78, 5) is 11.4. The SMILES string of the molecule is Cc1ccc(C2CNNC2=O)c(N)c1. The van der Waals surface area contributed by atoms with Crippen molar-refractivity contribution in [3.8, 4) is 0 Å². The topological polar surface area (TPSA) is 67.1 Å². The second-order valence-corrected chi connectivity index (χ2v) is 3.56. The van der Waals surface area contributed by atoms with E-state index in [4.69, 9.17) is 5.73 Å². The number of hydrazine groups is 1. The zero-order chi connectivity index (χ0) is 10.1. The van der Waals surface area contributed by atoms with Gasteiger partial charge in [-0.15, -0.1) is 0 Å². The lowest BCUT2D eigenvalue weighted by Gasteiger charge is -2.10. The largest absolute Gasteiger partial charge is 0.398 e. The molecule has 1 heterocycles. The van der Waals surface area contributed by atoms with Gasteiger partial charge in [-0.3, -0.25) is 10.2 Å². The van der Waals surface area contributed by atoms with Gasteiger partial charge in [0.15, 0.2) is 0 Å². The van der Waals surface area contributed by atoms with Crippen molar-refractivity contribution < 1.29 is 4.79 Å². The molecule has 1 aliphatic heterocycles. The van der Waals surface area contributed by atoms with Crippen molar-refractivity contribution in [1.82, 2.24) is 10.9 Å². The number of hydrogen-bond acceptors (Lipinski definition) is 3. The molecule has 0 aromatic heterocycles. The Bertz CT molecular complexity index is 376. The van der Waals surface area contributed by atoms with Gasteiger partial charge in [0.1, 0.15) is 0 Å². The third-order valence-corrected chi connectivity index (χ3v) is 2.45. The second-order valence-electron chi connectivity index (χ2n) is 3.56. The van der Waals surface area contributed by atoms with E-state index in [0.717, 1.165) is 11.1 Å². The smallest absolute Gasteiger partial charge is 0.243 e. The van der Waals surface area contributed by atoms with Gasteiger partial charge in [0, 0.05) is 12.2 Å². The Morgan fingerprint density at radius 2 is 2.29 bits per heavy atom. The summed E-state index contributed by atoms with van der Waals surface area (Å²) < 4.78 is 0. The molecule has 1 aromatic rings. The minimum Gasteiger partial charge on any atom is -0.398 e. The van der Waals surface area contributed by atoms with Crippen molar-refractivity contribution in [2.24, 2.45) is 0 Å². The van der Waals surface area contributed by atoms with Crippen molar-refractivity contribution in [3.63, 3.8) is 0 Å². The maximum Gasteiger partial charge on any atom is 0.243 e. The summed E-state index contributed by atoms with van der Waals surface area (Å²) in [5, 5.41) is 0. The molecule has 4 N–H and O–H groups in total. The average molecular weight is 191 g/mol. The summed E-state index contributed by atoms with van der Waals surface area (Å²) in [6.45, 7) is 2.58. The fourth-order valence-corrected chi connectivity index (χ4v) is 1.68. The number of carbonyl (C=O) groups excluding carboxylic acids is 1. The summed E-state index contributed by atoms with van der Waals surface area (Å²) >= 11 is 0. The lowest BCUT2D eigenvalue weighted by molar-refractivity contribution is -0.120. The van der Waals surface area contributed by atoms with Crippen LogP contribution in [0.5, 0.6) is 0 Å². The summed E-state index contributed by atoms with van der Waals surface area (Å²) in [6.07, 6.45) is 0. The van der Waals surface area contributed by atoms with E-state index in [0.29, 0.717) is 12.2 Å². The van der Waals surface area contributed by atoms with E-state index in [1.165, 1.54) is 0 Å². The molecule has 4 nitrogen and oxygen atoms in total. The molecule has 1 amide bonds. The van der Waals surface area contributed by atoms with Crippen LogP contribution in [0.2, 0.25) is 0 Å². The Balaban J connectivity index is 2.36. The van der Waals surface area contributed by atoms with Crippen LogP contribution in [0.15, 0.2) is 18.2 Å². The first kappa shape index (κ1) is 9.02. The summed E-state index contributed by atoms with van der Waals surface area (Å²) in [5.74, 6) is -0.170. The minimum atomic E-state index is -0.157. The number of aryl methyl sites for hydroxylation is 1. The van der Waals surface area contributed by atoms with Gasteiger partial charge >= 0.3 is 0 Å². The molecule has 1 aromatic carbocycles. The Morgan fingerprint density at radius 1 is 1.50 bits per heavy atom. The molecule has 2 rings (SSSR count). The number of anilines is 1. The van der Waals surface area contributed by atoms with E-state index >= 15 is 0 Å². The first-order chi connectivity index (χ1) is 6.68. The highest BCUT2D eigenvalue weighted by atomic mass is 16.2. The molecule has 1 fully saturated rings. The number of nitrogens with one attached hydrogen (secondary N) is 2. The zero-order valence-corrected chi connectivity index (χ0v) is 8.00. The van der Waals surface area contributed by atoms with E-state index in [1.54, 1.807) is 0 Å². The quantitative estimate of drug-likeness (QED) is 0.559. The number of nitrogen functional groups attached to an aromatic ring is 1. The third-order valence-electron chi connectivity index (χ3n) is 2.45. The van der Waals surface area contributed by atoms with E-state index in [1.807, 2.05) is 25.1 Å². The minimum absolute atomic E-state index is 0.0134. The molecule has 0 spiro atoms.